The second-order valence-electron chi connectivity index (χ2n) is 7.90. The fraction of sp³-hybridized carbons (Fsp3) is 0.160. The van der Waals surface area contributed by atoms with Crippen molar-refractivity contribution in [3.63, 3.8) is 0 Å². The first-order valence-electron chi connectivity index (χ1n) is 10.7. The van der Waals surface area contributed by atoms with Crippen molar-refractivity contribution < 1.29 is 32.6 Å². The zero-order valence-corrected chi connectivity index (χ0v) is 20.9. The standard InChI is InChI=1S/C25H23ClN2O7S/c1-34-22-13-19-21(14-20(22)28(11-12-29)36(2,32)33)35-24(23(19)25(30)31)15-3-7-17(8-4-15)27-18-9-5-16(26)6-10-18/h3-10,13-14,27,29H,11-12H2,1-2H3,(H,30,31). The van der Waals surface area contributed by atoms with Crippen LogP contribution in [0.4, 0.5) is 17.1 Å². The molecule has 4 aromatic rings. The molecular weight excluding hydrogens is 508 g/mol. The Bertz CT molecular complexity index is 1520. The third-order valence-corrected chi connectivity index (χ3v) is 6.89. The lowest BCUT2D eigenvalue weighted by Gasteiger charge is -2.23. The van der Waals surface area contributed by atoms with Gasteiger partial charge in [0.05, 0.1) is 32.2 Å². The lowest BCUT2D eigenvalue weighted by atomic mass is 10.0. The summed E-state index contributed by atoms with van der Waals surface area (Å²) in [5.74, 6) is -0.973. The molecule has 9 nitrogen and oxygen atoms in total. The molecule has 0 aliphatic heterocycles. The van der Waals surface area contributed by atoms with Crippen LogP contribution >= 0.6 is 11.6 Å². The summed E-state index contributed by atoms with van der Waals surface area (Å²) in [4.78, 5) is 12.2. The van der Waals surface area contributed by atoms with Gasteiger partial charge in [0.1, 0.15) is 22.7 Å². The molecule has 0 aliphatic rings. The second kappa shape index (κ2) is 10.1. The molecule has 0 bridgehead atoms. The Morgan fingerprint density at radius 3 is 2.22 bits per heavy atom. The number of nitrogens with zero attached hydrogens (tertiary/aromatic N) is 1. The van der Waals surface area contributed by atoms with Crippen molar-refractivity contribution in [2.45, 2.75) is 0 Å². The van der Waals surface area contributed by atoms with Gasteiger partial charge in [-0.15, -0.1) is 0 Å². The number of aliphatic hydroxyl groups is 1. The summed E-state index contributed by atoms with van der Waals surface area (Å²) < 4.78 is 36.9. The molecule has 0 radical (unpaired) electrons. The van der Waals surface area contributed by atoms with E-state index in [1.807, 2.05) is 12.1 Å². The number of fused-ring (bicyclic) bond motifs is 1. The number of hydrogen-bond acceptors (Lipinski definition) is 7. The van der Waals surface area contributed by atoms with Gasteiger partial charge in [-0.05, 0) is 54.6 Å². The minimum absolute atomic E-state index is 0.0821. The van der Waals surface area contributed by atoms with Crippen LogP contribution in [0.25, 0.3) is 22.3 Å². The highest BCUT2D eigenvalue weighted by molar-refractivity contribution is 7.92. The second-order valence-corrected chi connectivity index (χ2v) is 10.2. The lowest BCUT2D eigenvalue weighted by Crippen LogP contribution is -2.32. The van der Waals surface area contributed by atoms with Crippen LogP contribution in [0.2, 0.25) is 5.02 Å². The SMILES string of the molecule is COc1cc2c(C(=O)O)c(-c3ccc(Nc4ccc(Cl)cc4)cc3)oc2cc1N(CCO)S(C)(=O)=O. The molecule has 0 spiro atoms. The molecule has 0 unspecified atom stereocenters. The van der Waals surface area contributed by atoms with E-state index in [-0.39, 0.29) is 40.3 Å². The summed E-state index contributed by atoms with van der Waals surface area (Å²) in [7, 11) is -2.42. The Hall–Kier alpha value is -3.73. The van der Waals surface area contributed by atoms with Gasteiger partial charge >= 0.3 is 5.97 Å². The first-order chi connectivity index (χ1) is 17.1. The van der Waals surface area contributed by atoms with Gasteiger partial charge in [-0.1, -0.05) is 11.6 Å². The van der Waals surface area contributed by atoms with Crippen LogP contribution in [-0.4, -0.2) is 51.1 Å². The van der Waals surface area contributed by atoms with Gasteiger partial charge in [0.2, 0.25) is 10.0 Å². The molecule has 0 fully saturated rings. The number of hydrogen-bond donors (Lipinski definition) is 3. The topological polar surface area (TPSA) is 129 Å². The number of carboxylic acids is 1. The number of benzene rings is 3. The number of ether oxygens (including phenoxy) is 1. The van der Waals surface area contributed by atoms with E-state index in [4.69, 9.17) is 20.8 Å². The summed E-state index contributed by atoms with van der Waals surface area (Å²) in [5, 5.41) is 23.5. The van der Waals surface area contributed by atoms with Gasteiger partial charge < -0.3 is 24.7 Å². The highest BCUT2D eigenvalue weighted by Crippen LogP contribution is 2.41. The van der Waals surface area contributed by atoms with Gasteiger partial charge in [0, 0.05) is 33.4 Å². The molecule has 1 heterocycles. The number of aliphatic hydroxyl groups excluding tert-OH is 1. The van der Waals surface area contributed by atoms with E-state index in [2.05, 4.69) is 5.32 Å². The molecule has 0 saturated carbocycles. The van der Waals surface area contributed by atoms with Crippen molar-refractivity contribution >= 4 is 55.6 Å². The van der Waals surface area contributed by atoms with E-state index in [0.717, 1.165) is 21.9 Å². The number of nitrogens with one attached hydrogen (secondary N) is 1. The maximum absolute atomic E-state index is 12.3. The van der Waals surface area contributed by atoms with E-state index < -0.39 is 22.6 Å². The normalized spacial score (nSPS) is 11.4. The molecule has 0 atom stereocenters. The molecule has 36 heavy (non-hydrogen) atoms. The van der Waals surface area contributed by atoms with Crippen LogP contribution < -0.4 is 14.4 Å². The first kappa shape index (κ1) is 25.4. The van der Waals surface area contributed by atoms with Gasteiger partial charge in [0.15, 0.2) is 0 Å². The number of sulfonamides is 1. The van der Waals surface area contributed by atoms with Crippen molar-refractivity contribution in [2.75, 3.05) is 36.1 Å². The Morgan fingerprint density at radius 2 is 1.69 bits per heavy atom. The number of furan rings is 1. The largest absolute Gasteiger partial charge is 0.495 e. The summed E-state index contributed by atoms with van der Waals surface area (Å²) in [5.41, 5.74) is 2.32. The monoisotopic (exact) mass is 530 g/mol. The van der Waals surface area contributed by atoms with Crippen LogP contribution in [0.3, 0.4) is 0 Å². The van der Waals surface area contributed by atoms with Crippen molar-refractivity contribution in [1.82, 2.24) is 0 Å². The van der Waals surface area contributed by atoms with Gasteiger partial charge in [0.25, 0.3) is 0 Å². The summed E-state index contributed by atoms with van der Waals surface area (Å²) in [6.07, 6.45) is 1.00. The zero-order valence-electron chi connectivity index (χ0n) is 19.4. The Morgan fingerprint density at radius 1 is 1.08 bits per heavy atom. The molecule has 4 rings (SSSR count). The molecular formula is C25H23ClN2O7S. The molecule has 0 amide bonds. The molecule has 11 heteroatoms. The fourth-order valence-corrected chi connectivity index (χ4v) is 4.89. The van der Waals surface area contributed by atoms with E-state index >= 15 is 0 Å². The van der Waals surface area contributed by atoms with E-state index in [1.54, 1.807) is 36.4 Å². The highest BCUT2D eigenvalue weighted by atomic mass is 35.5. The lowest BCUT2D eigenvalue weighted by molar-refractivity contribution is 0.0699. The van der Waals surface area contributed by atoms with Crippen LogP contribution in [0.5, 0.6) is 5.75 Å². The van der Waals surface area contributed by atoms with Crippen LogP contribution in [0, 0.1) is 0 Å². The number of rotatable bonds is 9. The van der Waals surface area contributed by atoms with Gasteiger partial charge in [-0.2, -0.15) is 0 Å². The number of aromatic carboxylic acids is 1. The number of anilines is 3. The molecule has 3 N–H and O–H groups in total. The van der Waals surface area contributed by atoms with E-state index in [9.17, 15) is 23.4 Å². The van der Waals surface area contributed by atoms with Crippen LogP contribution in [0.15, 0.2) is 65.1 Å². The number of methoxy groups -OCH3 is 1. The number of carboxylic acid groups (broad SMARTS) is 1. The van der Waals surface area contributed by atoms with E-state index in [0.29, 0.717) is 10.6 Å². The Labute approximate surface area is 212 Å². The zero-order chi connectivity index (χ0) is 26.0. The van der Waals surface area contributed by atoms with Crippen LogP contribution in [0.1, 0.15) is 10.4 Å². The van der Waals surface area contributed by atoms with Gasteiger partial charge in [-0.3, -0.25) is 4.31 Å². The Balaban J connectivity index is 1.79. The molecule has 1 aromatic heterocycles. The summed E-state index contributed by atoms with van der Waals surface area (Å²) in [6.45, 7) is -0.628. The van der Waals surface area contributed by atoms with Gasteiger partial charge in [-0.25, -0.2) is 13.2 Å². The third-order valence-electron chi connectivity index (χ3n) is 5.46. The molecule has 188 valence electrons. The fourth-order valence-electron chi connectivity index (χ4n) is 3.85. The highest BCUT2D eigenvalue weighted by Gasteiger charge is 2.27. The quantitative estimate of drug-likeness (QED) is 0.277. The average molecular weight is 531 g/mol. The average Bonchev–Trinajstić information content (AvgIpc) is 3.21. The molecule has 0 saturated heterocycles. The molecule has 0 aliphatic carbocycles. The summed E-state index contributed by atoms with van der Waals surface area (Å²) >= 11 is 5.92. The van der Waals surface area contributed by atoms with Crippen molar-refractivity contribution in [2.24, 2.45) is 0 Å². The molecule has 3 aromatic carbocycles. The van der Waals surface area contributed by atoms with Crippen molar-refractivity contribution in [3.8, 4) is 17.1 Å². The van der Waals surface area contributed by atoms with Crippen molar-refractivity contribution in [1.29, 1.82) is 0 Å². The van der Waals surface area contributed by atoms with Crippen molar-refractivity contribution in [3.05, 3.63) is 71.2 Å². The minimum Gasteiger partial charge on any atom is -0.495 e. The third kappa shape index (κ3) is 5.11. The minimum atomic E-state index is -3.77. The predicted molar refractivity (Wildman–Crippen MR) is 139 cm³/mol. The maximum Gasteiger partial charge on any atom is 0.340 e. The Kier molecular flexibility index (Phi) is 7.11. The first-order valence-corrected chi connectivity index (χ1v) is 12.9. The summed E-state index contributed by atoms with van der Waals surface area (Å²) in [6, 6.07) is 17.0. The maximum atomic E-state index is 12.3. The number of carbonyl (C=O) groups is 1. The predicted octanol–water partition coefficient (Wildman–Crippen LogP) is 4.96. The van der Waals surface area contributed by atoms with Crippen LogP contribution in [-0.2, 0) is 10.0 Å². The van der Waals surface area contributed by atoms with E-state index in [1.165, 1.54) is 19.2 Å². The number of halogens is 1. The smallest absolute Gasteiger partial charge is 0.340 e.